The first-order chi connectivity index (χ1) is 9.11. The highest BCUT2D eigenvalue weighted by Gasteiger charge is 2.30. The molecule has 104 valence electrons. The minimum Gasteiger partial charge on any atom is -0.330 e. The summed E-state index contributed by atoms with van der Waals surface area (Å²) in [6, 6.07) is 4.23. The van der Waals surface area contributed by atoms with E-state index in [1.54, 1.807) is 6.07 Å². The van der Waals surface area contributed by atoms with Crippen molar-refractivity contribution in [1.29, 1.82) is 0 Å². The molecule has 2 atom stereocenters. The zero-order valence-corrected chi connectivity index (χ0v) is 11.4. The second-order valence-corrected chi connectivity index (χ2v) is 5.44. The van der Waals surface area contributed by atoms with E-state index < -0.39 is 5.82 Å². The molecule has 0 saturated heterocycles. The Bertz CT molecular complexity index is 467. The minimum atomic E-state index is -0.513. The van der Waals surface area contributed by atoms with Crippen LogP contribution in [0.3, 0.4) is 0 Å². The summed E-state index contributed by atoms with van der Waals surface area (Å²) >= 11 is 5.68. The lowest BCUT2D eigenvalue weighted by Crippen LogP contribution is -2.35. The summed E-state index contributed by atoms with van der Waals surface area (Å²) in [5.41, 5.74) is 5.88. The first-order valence-corrected chi connectivity index (χ1v) is 6.95. The molecule has 0 spiro atoms. The summed E-state index contributed by atoms with van der Waals surface area (Å²) in [6.07, 6.45) is 3.93. The predicted octanol–water partition coefficient (Wildman–Crippen LogP) is 3.18. The van der Waals surface area contributed by atoms with E-state index in [2.05, 4.69) is 5.32 Å². The number of halogens is 2. The Labute approximate surface area is 117 Å². The van der Waals surface area contributed by atoms with Crippen molar-refractivity contribution >= 4 is 23.2 Å². The van der Waals surface area contributed by atoms with Crippen molar-refractivity contribution in [3.63, 3.8) is 0 Å². The number of carbonyl (C=O) groups excluding carboxylic acids is 1. The van der Waals surface area contributed by atoms with Crippen molar-refractivity contribution < 1.29 is 9.18 Å². The van der Waals surface area contributed by atoms with Gasteiger partial charge in [0, 0.05) is 10.9 Å². The van der Waals surface area contributed by atoms with Crippen LogP contribution in [0, 0.1) is 17.7 Å². The number of nitrogens with one attached hydrogen (secondary N) is 1. The van der Waals surface area contributed by atoms with Crippen molar-refractivity contribution in [3.05, 3.63) is 29.0 Å². The van der Waals surface area contributed by atoms with Gasteiger partial charge in [0.05, 0.1) is 5.69 Å². The summed E-state index contributed by atoms with van der Waals surface area (Å²) in [4.78, 5) is 12.2. The van der Waals surface area contributed by atoms with Crippen molar-refractivity contribution in [1.82, 2.24) is 0 Å². The van der Waals surface area contributed by atoms with Crippen LogP contribution >= 0.6 is 11.6 Å². The maximum Gasteiger partial charge on any atom is 0.227 e. The van der Waals surface area contributed by atoms with Crippen molar-refractivity contribution in [3.8, 4) is 0 Å². The Hall–Kier alpha value is -1.13. The van der Waals surface area contributed by atoms with Gasteiger partial charge in [0.1, 0.15) is 5.82 Å². The second kappa shape index (κ2) is 6.35. The first-order valence-electron chi connectivity index (χ1n) is 6.58. The second-order valence-electron chi connectivity index (χ2n) is 5.00. The Morgan fingerprint density at radius 3 is 2.84 bits per heavy atom. The summed E-state index contributed by atoms with van der Waals surface area (Å²) in [6.45, 7) is 0.501. The SMILES string of the molecule is NCC1CCCCC1C(=O)Nc1ccc(Cl)cc1F. The monoisotopic (exact) mass is 284 g/mol. The molecule has 1 aliphatic rings. The van der Waals surface area contributed by atoms with Gasteiger partial charge in [-0.1, -0.05) is 24.4 Å². The fraction of sp³-hybridized carbons (Fsp3) is 0.500. The Balaban J connectivity index is 2.07. The lowest BCUT2D eigenvalue weighted by Gasteiger charge is -2.29. The van der Waals surface area contributed by atoms with Crippen LogP contribution < -0.4 is 11.1 Å². The smallest absolute Gasteiger partial charge is 0.227 e. The average molecular weight is 285 g/mol. The highest BCUT2D eigenvalue weighted by Crippen LogP contribution is 2.30. The fourth-order valence-electron chi connectivity index (χ4n) is 2.65. The van der Waals surface area contributed by atoms with Crippen molar-refractivity contribution in [2.45, 2.75) is 25.7 Å². The normalized spacial score (nSPS) is 23.1. The predicted molar refractivity (Wildman–Crippen MR) is 74.5 cm³/mol. The van der Waals surface area contributed by atoms with Gasteiger partial charge in [-0.15, -0.1) is 0 Å². The molecule has 1 amide bonds. The molecule has 0 heterocycles. The van der Waals surface area contributed by atoms with E-state index in [-0.39, 0.29) is 23.4 Å². The molecule has 2 rings (SSSR count). The standard InChI is InChI=1S/C14H18ClFN2O/c15-10-5-6-13(12(16)7-10)18-14(19)11-4-2-1-3-9(11)8-17/h5-7,9,11H,1-4,8,17H2,(H,18,19). The van der Waals surface area contributed by atoms with Gasteiger partial charge in [-0.2, -0.15) is 0 Å². The third-order valence-electron chi connectivity index (χ3n) is 3.74. The lowest BCUT2D eigenvalue weighted by atomic mass is 9.78. The van der Waals surface area contributed by atoms with Gasteiger partial charge in [0.25, 0.3) is 0 Å². The quantitative estimate of drug-likeness (QED) is 0.896. The maximum absolute atomic E-state index is 13.6. The zero-order chi connectivity index (χ0) is 13.8. The Kier molecular flexibility index (Phi) is 4.77. The first kappa shape index (κ1) is 14.3. The van der Waals surface area contributed by atoms with E-state index in [9.17, 15) is 9.18 Å². The molecule has 0 aliphatic heterocycles. The average Bonchev–Trinajstić information content (AvgIpc) is 2.41. The number of rotatable bonds is 3. The molecule has 3 nitrogen and oxygen atoms in total. The van der Waals surface area contributed by atoms with E-state index in [0.29, 0.717) is 11.6 Å². The topological polar surface area (TPSA) is 55.1 Å². The molecular formula is C14H18ClFN2O. The molecule has 0 radical (unpaired) electrons. The molecular weight excluding hydrogens is 267 g/mol. The van der Waals surface area contributed by atoms with Crippen LogP contribution in [0.15, 0.2) is 18.2 Å². The number of amides is 1. The van der Waals surface area contributed by atoms with E-state index >= 15 is 0 Å². The van der Waals surface area contributed by atoms with Crippen LogP contribution in [-0.2, 0) is 4.79 Å². The molecule has 1 aromatic rings. The third-order valence-corrected chi connectivity index (χ3v) is 3.97. The van der Waals surface area contributed by atoms with Crippen LogP contribution in [0.5, 0.6) is 0 Å². The van der Waals surface area contributed by atoms with Crippen LogP contribution in [0.4, 0.5) is 10.1 Å². The van der Waals surface area contributed by atoms with Gasteiger partial charge in [0.15, 0.2) is 0 Å². The number of hydrogen-bond donors (Lipinski definition) is 2. The molecule has 5 heteroatoms. The van der Waals surface area contributed by atoms with E-state index in [1.165, 1.54) is 12.1 Å². The highest BCUT2D eigenvalue weighted by atomic mass is 35.5. The lowest BCUT2D eigenvalue weighted by molar-refractivity contribution is -0.122. The molecule has 1 fully saturated rings. The summed E-state index contributed by atoms with van der Waals surface area (Å²) in [5.74, 6) is -0.574. The Morgan fingerprint density at radius 2 is 2.16 bits per heavy atom. The van der Waals surface area contributed by atoms with Gasteiger partial charge in [-0.3, -0.25) is 4.79 Å². The number of carbonyl (C=O) groups is 1. The molecule has 1 aliphatic carbocycles. The summed E-state index contributed by atoms with van der Waals surface area (Å²) in [5, 5.41) is 2.96. The van der Waals surface area contributed by atoms with Gasteiger partial charge in [0.2, 0.25) is 5.91 Å². The Morgan fingerprint density at radius 1 is 1.42 bits per heavy atom. The molecule has 3 N–H and O–H groups in total. The number of benzene rings is 1. The number of nitrogens with two attached hydrogens (primary N) is 1. The molecule has 19 heavy (non-hydrogen) atoms. The van der Waals surface area contributed by atoms with Crippen LogP contribution in [0.2, 0.25) is 5.02 Å². The van der Waals surface area contributed by atoms with Gasteiger partial charge < -0.3 is 11.1 Å². The van der Waals surface area contributed by atoms with Crippen LogP contribution in [-0.4, -0.2) is 12.5 Å². The number of anilines is 1. The zero-order valence-electron chi connectivity index (χ0n) is 10.7. The van der Waals surface area contributed by atoms with Crippen LogP contribution in [0.25, 0.3) is 0 Å². The third kappa shape index (κ3) is 3.45. The molecule has 0 aromatic heterocycles. The minimum absolute atomic E-state index is 0.117. The molecule has 2 unspecified atom stereocenters. The van der Waals surface area contributed by atoms with Crippen molar-refractivity contribution in [2.75, 3.05) is 11.9 Å². The maximum atomic E-state index is 13.6. The highest BCUT2D eigenvalue weighted by molar-refractivity contribution is 6.30. The van der Waals surface area contributed by atoms with E-state index in [4.69, 9.17) is 17.3 Å². The largest absolute Gasteiger partial charge is 0.330 e. The summed E-state index contributed by atoms with van der Waals surface area (Å²) < 4.78 is 13.6. The van der Waals surface area contributed by atoms with Gasteiger partial charge >= 0.3 is 0 Å². The summed E-state index contributed by atoms with van der Waals surface area (Å²) in [7, 11) is 0. The number of hydrogen-bond acceptors (Lipinski definition) is 2. The molecule has 1 aromatic carbocycles. The fourth-order valence-corrected chi connectivity index (χ4v) is 2.81. The van der Waals surface area contributed by atoms with Gasteiger partial charge in [-0.25, -0.2) is 4.39 Å². The molecule has 1 saturated carbocycles. The van der Waals surface area contributed by atoms with Gasteiger partial charge in [-0.05, 0) is 43.5 Å². The molecule has 0 bridgehead atoms. The van der Waals surface area contributed by atoms with Crippen LogP contribution in [0.1, 0.15) is 25.7 Å². The van der Waals surface area contributed by atoms with Crippen molar-refractivity contribution in [2.24, 2.45) is 17.6 Å². The van der Waals surface area contributed by atoms with E-state index in [1.807, 2.05) is 0 Å². The van der Waals surface area contributed by atoms with E-state index in [0.717, 1.165) is 25.7 Å².